The molecule has 0 aliphatic heterocycles. The minimum absolute atomic E-state index is 0.189. The van der Waals surface area contributed by atoms with Gasteiger partial charge in [0, 0.05) is 0 Å². The molecule has 0 aromatic carbocycles. The predicted octanol–water partition coefficient (Wildman–Crippen LogP) is 7.29. The van der Waals surface area contributed by atoms with Gasteiger partial charge >= 0.3 is 0 Å². The molecule has 0 radical (unpaired) electrons. The molecule has 24 heavy (non-hydrogen) atoms. The van der Waals surface area contributed by atoms with Crippen molar-refractivity contribution in [3.63, 3.8) is 0 Å². The molecule has 0 saturated heterocycles. The number of quaternary nitrogens is 1. The van der Waals surface area contributed by atoms with Crippen molar-refractivity contribution in [2.24, 2.45) is 0 Å². The van der Waals surface area contributed by atoms with Gasteiger partial charge in [-0.05, 0) is 12.8 Å². The van der Waals surface area contributed by atoms with Crippen LogP contribution in [0.1, 0.15) is 110 Å². The Morgan fingerprint density at radius 1 is 0.500 bits per heavy atom. The summed E-state index contributed by atoms with van der Waals surface area (Å²) in [6.07, 6.45) is 22.6. The van der Waals surface area contributed by atoms with Gasteiger partial charge < -0.3 is 4.48 Å². The van der Waals surface area contributed by atoms with E-state index in [0.717, 1.165) is 11.0 Å². The molecule has 0 spiro atoms. The molecule has 0 aliphatic rings. The molecule has 0 atom stereocenters. The van der Waals surface area contributed by atoms with Gasteiger partial charge in [0.2, 0.25) is 0 Å². The fourth-order valence-corrected chi connectivity index (χ4v) is 3.43. The number of nitrogens with zero attached hydrogens (tertiary/aromatic N) is 1. The lowest BCUT2D eigenvalue weighted by Crippen LogP contribution is -2.42. The quantitative estimate of drug-likeness (QED) is 0.170. The molecule has 0 amide bonds. The van der Waals surface area contributed by atoms with E-state index in [9.17, 15) is 4.39 Å². The molecule has 2 heteroatoms. The number of unbranched alkanes of at least 4 members (excludes halogenated alkanes) is 15. The second-order valence-corrected chi connectivity index (χ2v) is 8.38. The van der Waals surface area contributed by atoms with Gasteiger partial charge in [-0.3, -0.25) is 0 Å². The van der Waals surface area contributed by atoms with Gasteiger partial charge in [0.25, 0.3) is 0 Å². The van der Waals surface area contributed by atoms with Gasteiger partial charge in [-0.25, -0.2) is 4.39 Å². The molecule has 0 heterocycles. The third-order valence-corrected chi connectivity index (χ3v) is 5.31. The summed E-state index contributed by atoms with van der Waals surface area (Å²) in [5, 5.41) is 0. The highest BCUT2D eigenvalue weighted by Crippen LogP contribution is 2.14. The second kappa shape index (κ2) is 17.7. The standard InChI is InChI=1S/C22H47FN/c1-4-5-6-7-8-9-10-11-12-13-14-15-16-17-18-19-21-24(2,3)22-20-23/h4-22H2,1-3H3/q+1. The van der Waals surface area contributed by atoms with Crippen LogP contribution >= 0.6 is 0 Å². The van der Waals surface area contributed by atoms with Crippen LogP contribution in [-0.4, -0.2) is 38.3 Å². The monoisotopic (exact) mass is 344 g/mol. The van der Waals surface area contributed by atoms with Crippen molar-refractivity contribution in [1.29, 1.82) is 0 Å². The maximum absolute atomic E-state index is 12.4. The number of rotatable bonds is 19. The summed E-state index contributed by atoms with van der Waals surface area (Å²) in [5.41, 5.74) is 0. The molecule has 0 unspecified atom stereocenters. The molecule has 0 aromatic rings. The van der Waals surface area contributed by atoms with E-state index in [0.29, 0.717) is 6.54 Å². The first kappa shape index (κ1) is 23.9. The Morgan fingerprint density at radius 2 is 0.833 bits per heavy atom. The fourth-order valence-electron chi connectivity index (χ4n) is 3.43. The molecule has 0 aliphatic carbocycles. The van der Waals surface area contributed by atoms with Crippen molar-refractivity contribution in [2.75, 3.05) is 33.9 Å². The average Bonchev–Trinajstić information content (AvgIpc) is 2.54. The van der Waals surface area contributed by atoms with Gasteiger partial charge in [0.05, 0.1) is 20.6 Å². The summed E-state index contributed by atoms with van der Waals surface area (Å²) in [7, 11) is 4.29. The Kier molecular flexibility index (Phi) is 17.6. The lowest BCUT2D eigenvalue weighted by Gasteiger charge is -2.28. The average molecular weight is 345 g/mol. The van der Waals surface area contributed by atoms with Crippen molar-refractivity contribution in [2.45, 2.75) is 110 Å². The fraction of sp³-hybridized carbons (Fsp3) is 1.00. The number of alkyl halides is 1. The summed E-state index contributed by atoms with van der Waals surface area (Å²) in [4.78, 5) is 0. The third kappa shape index (κ3) is 18.2. The second-order valence-electron chi connectivity index (χ2n) is 8.38. The highest BCUT2D eigenvalue weighted by Gasteiger charge is 2.13. The van der Waals surface area contributed by atoms with Gasteiger partial charge in [0.1, 0.15) is 13.2 Å². The van der Waals surface area contributed by atoms with Crippen molar-refractivity contribution in [3.8, 4) is 0 Å². The van der Waals surface area contributed by atoms with E-state index >= 15 is 0 Å². The largest absolute Gasteiger partial charge is 0.326 e. The summed E-state index contributed by atoms with van der Waals surface area (Å²) in [6, 6.07) is 0. The van der Waals surface area contributed by atoms with Crippen LogP contribution in [0.3, 0.4) is 0 Å². The Balaban J connectivity index is 3.10. The van der Waals surface area contributed by atoms with Gasteiger partial charge in [0.15, 0.2) is 0 Å². The van der Waals surface area contributed by atoms with Crippen LogP contribution in [0.25, 0.3) is 0 Å². The topological polar surface area (TPSA) is 0 Å². The molecule has 0 aromatic heterocycles. The Labute approximate surface area is 153 Å². The van der Waals surface area contributed by atoms with E-state index in [1.165, 1.54) is 103 Å². The van der Waals surface area contributed by atoms with Crippen molar-refractivity contribution < 1.29 is 8.87 Å². The third-order valence-electron chi connectivity index (χ3n) is 5.31. The van der Waals surface area contributed by atoms with E-state index in [1.807, 2.05) is 0 Å². The summed E-state index contributed by atoms with van der Waals surface area (Å²) in [6.45, 7) is 3.89. The molecular formula is C22H47FN+. The zero-order valence-electron chi connectivity index (χ0n) is 17.3. The minimum atomic E-state index is -0.189. The lowest BCUT2D eigenvalue weighted by atomic mass is 10.0. The maximum Gasteiger partial charge on any atom is 0.138 e. The highest BCUT2D eigenvalue weighted by atomic mass is 19.1. The SMILES string of the molecule is CCCCCCCCCCCCCCCCCC[N+](C)(C)CCF. The maximum atomic E-state index is 12.4. The van der Waals surface area contributed by atoms with E-state index in [2.05, 4.69) is 21.0 Å². The first-order valence-corrected chi connectivity index (χ1v) is 11.0. The van der Waals surface area contributed by atoms with Crippen LogP contribution in [0, 0.1) is 0 Å². The minimum Gasteiger partial charge on any atom is -0.326 e. The lowest BCUT2D eigenvalue weighted by molar-refractivity contribution is -0.890. The van der Waals surface area contributed by atoms with Crippen LogP contribution in [0.4, 0.5) is 4.39 Å². The zero-order valence-corrected chi connectivity index (χ0v) is 17.3. The first-order valence-electron chi connectivity index (χ1n) is 11.0. The van der Waals surface area contributed by atoms with Crippen LogP contribution < -0.4 is 0 Å². The van der Waals surface area contributed by atoms with E-state index < -0.39 is 0 Å². The van der Waals surface area contributed by atoms with Crippen LogP contribution in [0.5, 0.6) is 0 Å². The molecule has 0 N–H and O–H groups in total. The number of hydrogen-bond donors (Lipinski definition) is 0. The molecule has 1 nitrogen and oxygen atoms in total. The van der Waals surface area contributed by atoms with Crippen molar-refractivity contribution >= 4 is 0 Å². The van der Waals surface area contributed by atoms with Gasteiger partial charge in [-0.1, -0.05) is 96.8 Å². The Hall–Kier alpha value is -0.110. The zero-order chi connectivity index (χ0) is 17.9. The van der Waals surface area contributed by atoms with Crippen LogP contribution in [-0.2, 0) is 0 Å². The van der Waals surface area contributed by atoms with E-state index in [-0.39, 0.29) is 6.67 Å². The highest BCUT2D eigenvalue weighted by molar-refractivity contribution is 4.50. The van der Waals surface area contributed by atoms with Crippen LogP contribution in [0.2, 0.25) is 0 Å². The molecule has 146 valence electrons. The molecule has 0 bridgehead atoms. The van der Waals surface area contributed by atoms with E-state index in [1.54, 1.807) is 0 Å². The van der Waals surface area contributed by atoms with Crippen molar-refractivity contribution in [3.05, 3.63) is 0 Å². The predicted molar refractivity (Wildman–Crippen MR) is 107 cm³/mol. The van der Waals surface area contributed by atoms with E-state index in [4.69, 9.17) is 0 Å². The summed E-state index contributed by atoms with van der Waals surface area (Å²) >= 11 is 0. The summed E-state index contributed by atoms with van der Waals surface area (Å²) < 4.78 is 13.2. The Bertz CT molecular complexity index is 240. The molecular weight excluding hydrogens is 297 g/mol. The van der Waals surface area contributed by atoms with Crippen LogP contribution in [0.15, 0.2) is 0 Å². The van der Waals surface area contributed by atoms with Gasteiger partial charge in [-0.2, -0.15) is 0 Å². The first-order chi connectivity index (χ1) is 11.6. The normalized spacial score (nSPS) is 12.0. The smallest absolute Gasteiger partial charge is 0.138 e. The molecule has 0 saturated carbocycles. The Morgan fingerprint density at radius 3 is 1.17 bits per heavy atom. The molecule has 0 rings (SSSR count). The molecule has 0 fully saturated rings. The van der Waals surface area contributed by atoms with Crippen molar-refractivity contribution in [1.82, 2.24) is 0 Å². The number of hydrogen-bond acceptors (Lipinski definition) is 0. The number of halogens is 1. The summed E-state index contributed by atoms with van der Waals surface area (Å²) in [5.74, 6) is 0. The van der Waals surface area contributed by atoms with Gasteiger partial charge in [-0.15, -0.1) is 0 Å².